The first-order chi connectivity index (χ1) is 13.9. The van der Waals surface area contributed by atoms with E-state index in [-0.39, 0.29) is 18.1 Å². The van der Waals surface area contributed by atoms with Gasteiger partial charge in [-0.1, -0.05) is 58.5 Å². The number of ketones is 1. The molecule has 0 N–H and O–H groups in total. The van der Waals surface area contributed by atoms with Crippen LogP contribution in [0, 0.1) is 0 Å². The fraction of sp³-hybridized carbons (Fsp3) is 0.0455. The predicted octanol–water partition coefficient (Wildman–Crippen LogP) is 7.50. The molecule has 4 rings (SSSR count). The Labute approximate surface area is 187 Å². The van der Waals surface area contributed by atoms with Gasteiger partial charge in [-0.2, -0.15) is 0 Å². The van der Waals surface area contributed by atoms with Crippen LogP contribution in [0.5, 0.6) is 11.5 Å². The molecule has 3 nitrogen and oxygen atoms in total. The van der Waals surface area contributed by atoms with Crippen LogP contribution in [-0.4, -0.2) is 5.78 Å². The van der Waals surface area contributed by atoms with Crippen molar-refractivity contribution < 1.29 is 14.3 Å². The minimum atomic E-state index is -0.210. The zero-order valence-corrected chi connectivity index (χ0v) is 17.7. The van der Waals surface area contributed by atoms with Gasteiger partial charge in [-0.05, 0) is 48.0 Å². The molecule has 0 saturated carbocycles. The van der Waals surface area contributed by atoms with Crippen LogP contribution < -0.4 is 9.47 Å². The number of fused-ring (bicyclic) bond motifs is 1. The highest BCUT2D eigenvalue weighted by molar-refractivity contribution is 6.42. The van der Waals surface area contributed by atoms with Crippen molar-refractivity contribution in [2.24, 2.45) is 0 Å². The Hall–Kier alpha value is -2.17. The van der Waals surface area contributed by atoms with E-state index in [9.17, 15) is 4.79 Å². The van der Waals surface area contributed by atoms with Gasteiger partial charge in [-0.15, -0.1) is 0 Å². The molecule has 146 valence electrons. The summed E-state index contributed by atoms with van der Waals surface area (Å²) in [5.41, 5.74) is 1.98. The minimum absolute atomic E-state index is 0.205. The molecule has 0 atom stereocenters. The monoisotopic (exact) mass is 464 g/mol. The third-order valence-electron chi connectivity index (χ3n) is 4.29. The molecule has 29 heavy (non-hydrogen) atoms. The van der Waals surface area contributed by atoms with Crippen molar-refractivity contribution in [1.82, 2.24) is 0 Å². The van der Waals surface area contributed by atoms with Gasteiger partial charge >= 0.3 is 0 Å². The first kappa shape index (κ1) is 20.1. The maximum absolute atomic E-state index is 12.6. The number of hydrogen-bond donors (Lipinski definition) is 0. The summed E-state index contributed by atoms with van der Waals surface area (Å²) < 4.78 is 11.5. The molecular weight excluding hydrogens is 454 g/mol. The van der Waals surface area contributed by atoms with E-state index >= 15 is 0 Å². The quantitative estimate of drug-likeness (QED) is 0.374. The average molecular weight is 466 g/mol. The molecule has 0 fully saturated rings. The number of rotatable bonds is 4. The molecule has 1 aliphatic heterocycles. The Bertz CT molecular complexity index is 1150. The maximum atomic E-state index is 12.6. The van der Waals surface area contributed by atoms with Crippen molar-refractivity contribution in [2.75, 3.05) is 0 Å². The summed E-state index contributed by atoms with van der Waals surface area (Å²) in [5.74, 6) is 0.981. The number of ether oxygens (including phenoxy) is 2. The Morgan fingerprint density at radius 2 is 1.69 bits per heavy atom. The van der Waals surface area contributed by atoms with Gasteiger partial charge in [-0.25, -0.2) is 0 Å². The summed E-state index contributed by atoms with van der Waals surface area (Å²) in [5, 5.41) is 1.93. The first-order valence-corrected chi connectivity index (χ1v) is 10.0. The highest BCUT2D eigenvalue weighted by Gasteiger charge is 2.27. The lowest BCUT2D eigenvalue weighted by Gasteiger charge is -2.09. The predicted molar refractivity (Wildman–Crippen MR) is 117 cm³/mol. The van der Waals surface area contributed by atoms with Crippen LogP contribution in [0.2, 0.25) is 20.1 Å². The topological polar surface area (TPSA) is 35.5 Å². The zero-order chi connectivity index (χ0) is 20.5. The van der Waals surface area contributed by atoms with Crippen LogP contribution in [-0.2, 0) is 6.61 Å². The van der Waals surface area contributed by atoms with E-state index in [4.69, 9.17) is 55.9 Å². The fourth-order valence-electron chi connectivity index (χ4n) is 2.81. The summed E-state index contributed by atoms with van der Waals surface area (Å²) >= 11 is 24.0. The molecule has 7 heteroatoms. The van der Waals surface area contributed by atoms with Gasteiger partial charge in [0.2, 0.25) is 5.78 Å². The minimum Gasteiger partial charge on any atom is -0.489 e. The van der Waals surface area contributed by atoms with Crippen LogP contribution in [0.3, 0.4) is 0 Å². The smallest absolute Gasteiger partial charge is 0.231 e. The number of benzene rings is 3. The maximum Gasteiger partial charge on any atom is 0.231 e. The summed E-state index contributed by atoms with van der Waals surface area (Å²) in [6, 6.07) is 15.4. The van der Waals surface area contributed by atoms with E-state index in [0.717, 1.165) is 5.56 Å². The molecule has 3 aromatic rings. The van der Waals surface area contributed by atoms with Gasteiger partial charge in [0.15, 0.2) is 5.76 Å². The average Bonchev–Trinajstić information content (AvgIpc) is 2.99. The van der Waals surface area contributed by atoms with E-state index in [1.807, 2.05) is 0 Å². The molecular formula is C22H12Cl4O3. The molecule has 1 heterocycles. The molecule has 0 unspecified atom stereocenters. The Morgan fingerprint density at radius 1 is 0.862 bits per heavy atom. The second-order valence-corrected chi connectivity index (χ2v) is 7.95. The third kappa shape index (κ3) is 4.39. The van der Waals surface area contributed by atoms with Crippen molar-refractivity contribution in [3.63, 3.8) is 0 Å². The van der Waals surface area contributed by atoms with E-state index < -0.39 is 0 Å². The van der Waals surface area contributed by atoms with Crippen molar-refractivity contribution >= 4 is 58.3 Å². The molecule has 3 aromatic carbocycles. The van der Waals surface area contributed by atoms with E-state index in [2.05, 4.69) is 0 Å². The molecule has 1 aliphatic rings. The van der Waals surface area contributed by atoms with Crippen LogP contribution in [0.15, 0.2) is 60.4 Å². The Morgan fingerprint density at radius 3 is 2.45 bits per heavy atom. The largest absolute Gasteiger partial charge is 0.489 e. The molecule has 0 aliphatic carbocycles. The summed E-state index contributed by atoms with van der Waals surface area (Å²) in [7, 11) is 0. The number of carbonyl (C=O) groups is 1. The van der Waals surface area contributed by atoms with Crippen molar-refractivity contribution in [3.05, 3.63) is 97.1 Å². The van der Waals surface area contributed by atoms with Crippen molar-refractivity contribution in [1.29, 1.82) is 0 Å². The second kappa shape index (κ2) is 8.29. The first-order valence-electron chi connectivity index (χ1n) is 8.51. The summed E-state index contributed by atoms with van der Waals surface area (Å²) in [6.45, 7) is 0.259. The molecule has 0 aromatic heterocycles. The second-order valence-electron chi connectivity index (χ2n) is 6.30. The number of halogens is 4. The number of carbonyl (C=O) groups excluding carboxylic acids is 1. The summed E-state index contributed by atoms with van der Waals surface area (Å²) in [6.07, 6.45) is 1.62. The van der Waals surface area contributed by atoms with Gasteiger partial charge in [0, 0.05) is 21.7 Å². The van der Waals surface area contributed by atoms with E-state index in [0.29, 0.717) is 42.7 Å². The van der Waals surface area contributed by atoms with Gasteiger partial charge in [-0.3, -0.25) is 4.79 Å². The van der Waals surface area contributed by atoms with Gasteiger partial charge < -0.3 is 9.47 Å². The lowest BCUT2D eigenvalue weighted by atomic mass is 10.1. The number of hydrogen-bond acceptors (Lipinski definition) is 3. The standard InChI is InChI=1S/C22H12Cl4O3/c23-14-3-2-13(18(25)9-14)11-28-15-4-5-16-20(10-15)29-21(22(16)27)8-12-1-6-17(24)19(26)7-12/h1-10H,11H2. The lowest BCUT2D eigenvalue weighted by molar-refractivity contribution is 0.101. The SMILES string of the molecule is O=C1C(=Cc2ccc(Cl)c(Cl)c2)Oc2cc(OCc3ccc(Cl)cc3Cl)ccc21. The zero-order valence-electron chi connectivity index (χ0n) is 14.7. The normalized spacial score (nSPS) is 14.1. The summed E-state index contributed by atoms with van der Waals surface area (Å²) in [4.78, 5) is 12.6. The van der Waals surface area contributed by atoms with E-state index in [1.165, 1.54) is 0 Å². The van der Waals surface area contributed by atoms with Crippen LogP contribution >= 0.6 is 46.4 Å². The lowest BCUT2D eigenvalue weighted by Crippen LogP contribution is -1.98. The van der Waals surface area contributed by atoms with Crippen LogP contribution in [0.4, 0.5) is 0 Å². The Balaban J connectivity index is 1.52. The van der Waals surface area contributed by atoms with Gasteiger partial charge in [0.25, 0.3) is 0 Å². The molecule has 0 bridgehead atoms. The van der Waals surface area contributed by atoms with E-state index in [1.54, 1.807) is 60.7 Å². The van der Waals surface area contributed by atoms with Crippen LogP contribution in [0.1, 0.15) is 21.5 Å². The van der Waals surface area contributed by atoms with Crippen molar-refractivity contribution in [2.45, 2.75) is 6.61 Å². The molecule has 0 amide bonds. The Kier molecular flexibility index (Phi) is 5.75. The van der Waals surface area contributed by atoms with Crippen LogP contribution in [0.25, 0.3) is 6.08 Å². The third-order valence-corrected chi connectivity index (χ3v) is 5.62. The number of allylic oxidation sites excluding steroid dienone is 1. The fourth-order valence-corrected chi connectivity index (χ4v) is 3.58. The van der Waals surface area contributed by atoms with Crippen molar-refractivity contribution in [3.8, 4) is 11.5 Å². The van der Waals surface area contributed by atoms with Gasteiger partial charge in [0.1, 0.15) is 18.1 Å². The molecule has 0 saturated heterocycles. The molecule has 0 radical (unpaired) electrons. The number of Topliss-reactive ketones (excluding diaryl/α,β-unsaturated/α-hetero) is 1. The molecule has 0 spiro atoms. The van der Waals surface area contributed by atoms with Gasteiger partial charge in [0.05, 0.1) is 15.6 Å². The highest BCUT2D eigenvalue weighted by atomic mass is 35.5. The highest BCUT2D eigenvalue weighted by Crippen LogP contribution is 2.36.